The lowest BCUT2D eigenvalue weighted by atomic mass is 10.1. The highest BCUT2D eigenvalue weighted by Gasteiger charge is 1.95. The van der Waals surface area contributed by atoms with Crippen molar-refractivity contribution in [2.45, 2.75) is 13.0 Å². The summed E-state index contributed by atoms with van der Waals surface area (Å²) < 4.78 is 0. The van der Waals surface area contributed by atoms with Crippen LogP contribution in [0.25, 0.3) is 0 Å². The van der Waals surface area contributed by atoms with Crippen molar-refractivity contribution in [2.24, 2.45) is 5.73 Å². The summed E-state index contributed by atoms with van der Waals surface area (Å²) in [6.07, 6.45) is 0. The lowest BCUT2D eigenvalue weighted by molar-refractivity contribution is 0.818. The minimum absolute atomic E-state index is 0. The van der Waals surface area contributed by atoms with Gasteiger partial charge in [-0.05, 0) is 24.6 Å². The Morgan fingerprint density at radius 1 is 1.08 bits per heavy atom. The van der Waals surface area contributed by atoms with Crippen molar-refractivity contribution < 1.29 is 0 Å². The molecule has 0 saturated carbocycles. The van der Waals surface area contributed by atoms with E-state index in [1.807, 2.05) is 31.2 Å². The Labute approximate surface area is 85.1 Å². The van der Waals surface area contributed by atoms with E-state index in [0.717, 1.165) is 11.3 Å². The largest absolute Gasteiger partial charge is 0.399 e. The van der Waals surface area contributed by atoms with Gasteiger partial charge in [0.1, 0.15) is 0 Å². The zero-order valence-electron chi connectivity index (χ0n) is 6.86. The molecule has 12 heavy (non-hydrogen) atoms. The predicted molar refractivity (Wildman–Crippen MR) is 58.0 cm³/mol. The standard InChI is InChI=1S/C8H12N2.2ClH/c1-6(9)7-2-4-8(10)5-3-7;;/h2-6H,9-10H2,1H3;2*1H. The van der Waals surface area contributed by atoms with E-state index in [4.69, 9.17) is 11.5 Å². The highest BCUT2D eigenvalue weighted by molar-refractivity contribution is 5.85. The third-order valence-electron chi connectivity index (χ3n) is 1.46. The fraction of sp³-hybridized carbons (Fsp3) is 0.250. The first-order valence-corrected chi connectivity index (χ1v) is 3.31. The normalized spacial score (nSPS) is 10.8. The van der Waals surface area contributed by atoms with Gasteiger partial charge in [0, 0.05) is 11.7 Å². The minimum atomic E-state index is 0. The van der Waals surface area contributed by atoms with Crippen LogP contribution in [0, 0.1) is 0 Å². The summed E-state index contributed by atoms with van der Waals surface area (Å²) >= 11 is 0. The minimum Gasteiger partial charge on any atom is -0.399 e. The molecule has 1 rings (SSSR count). The molecule has 0 bridgehead atoms. The molecule has 1 atom stereocenters. The molecular formula is C8H14Cl2N2. The van der Waals surface area contributed by atoms with Crippen molar-refractivity contribution in [3.63, 3.8) is 0 Å². The summed E-state index contributed by atoms with van der Waals surface area (Å²) in [6.45, 7) is 1.95. The Balaban J connectivity index is 0. The first-order valence-electron chi connectivity index (χ1n) is 3.31. The van der Waals surface area contributed by atoms with E-state index in [1.54, 1.807) is 0 Å². The molecule has 2 nitrogen and oxygen atoms in total. The van der Waals surface area contributed by atoms with E-state index in [2.05, 4.69) is 0 Å². The Morgan fingerprint density at radius 2 is 1.50 bits per heavy atom. The summed E-state index contributed by atoms with van der Waals surface area (Å²) in [5.74, 6) is 0. The maximum absolute atomic E-state index is 5.62. The van der Waals surface area contributed by atoms with E-state index in [1.165, 1.54) is 0 Å². The molecule has 0 spiro atoms. The lowest BCUT2D eigenvalue weighted by Gasteiger charge is -2.03. The van der Waals surface area contributed by atoms with Gasteiger partial charge in [-0.3, -0.25) is 0 Å². The molecule has 1 unspecified atom stereocenters. The van der Waals surface area contributed by atoms with E-state index >= 15 is 0 Å². The second kappa shape index (κ2) is 6.12. The Kier molecular flexibility index (Phi) is 7.19. The lowest BCUT2D eigenvalue weighted by Crippen LogP contribution is -2.04. The van der Waals surface area contributed by atoms with Crippen molar-refractivity contribution in [3.8, 4) is 0 Å². The van der Waals surface area contributed by atoms with Crippen LogP contribution in [-0.2, 0) is 0 Å². The van der Waals surface area contributed by atoms with Crippen LogP contribution in [0.1, 0.15) is 18.5 Å². The third-order valence-corrected chi connectivity index (χ3v) is 1.46. The summed E-state index contributed by atoms with van der Waals surface area (Å²) in [5.41, 5.74) is 13.0. The third kappa shape index (κ3) is 3.81. The maximum Gasteiger partial charge on any atom is 0.0314 e. The second-order valence-corrected chi connectivity index (χ2v) is 2.46. The molecule has 1 aromatic carbocycles. The quantitative estimate of drug-likeness (QED) is 0.696. The summed E-state index contributed by atoms with van der Waals surface area (Å²) in [6, 6.07) is 7.71. The molecule has 0 saturated heterocycles. The highest BCUT2D eigenvalue weighted by atomic mass is 35.5. The van der Waals surface area contributed by atoms with E-state index < -0.39 is 0 Å². The summed E-state index contributed by atoms with van der Waals surface area (Å²) in [5, 5.41) is 0. The topological polar surface area (TPSA) is 52.0 Å². The van der Waals surface area contributed by atoms with Gasteiger partial charge in [0.15, 0.2) is 0 Å². The van der Waals surface area contributed by atoms with Crippen LogP contribution in [-0.4, -0.2) is 0 Å². The van der Waals surface area contributed by atoms with Gasteiger partial charge in [-0.1, -0.05) is 12.1 Å². The number of nitrogen functional groups attached to an aromatic ring is 1. The Bertz CT molecular complexity index is 209. The summed E-state index contributed by atoms with van der Waals surface area (Å²) in [7, 11) is 0. The van der Waals surface area contributed by atoms with E-state index in [-0.39, 0.29) is 30.9 Å². The molecule has 0 amide bonds. The number of hydrogen-bond acceptors (Lipinski definition) is 2. The fourth-order valence-electron chi connectivity index (χ4n) is 0.800. The van der Waals surface area contributed by atoms with Gasteiger partial charge < -0.3 is 11.5 Å². The van der Waals surface area contributed by atoms with Crippen LogP contribution in [0.3, 0.4) is 0 Å². The van der Waals surface area contributed by atoms with Gasteiger partial charge >= 0.3 is 0 Å². The second-order valence-electron chi connectivity index (χ2n) is 2.46. The molecule has 0 aliphatic carbocycles. The number of hydrogen-bond donors (Lipinski definition) is 2. The maximum atomic E-state index is 5.62. The zero-order chi connectivity index (χ0) is 7.56. The average Bonchev–Trinajstić information content (AvgIpc) is 1.88. The average molecular weight is 209 g/mol. The van der Waals surface area contributed by atoms with Crippen molar-refractivity contribution in [1.29, 1.82) is 0 Å². The van der Waals surface area contributed by atoms with Crippen LogP contribution in [0.5, 0.6) is 0 Å². The first kappa shape index (κ1) is 14.1. The summed E-state index contributed by atoms with van der Waals surface area (Å²) in [4.78, 5) is 0. The fourth-order valence-corrected chi connectivity index (χ4v) is 0.800. The van der Waals surface area contributed by atoms with Crippen LogP contribution < -0.4 is 11.5 Å². The predicted octanol–water partition coefficient (Wildman–Crippen LogP) is 2.13. The number of anilines is 1. The van der Waals surface area contributed by atoms with Crippen LogP contribution in [0.15, 0.2) is 24.3 Å². The van der Waals surface area contributed by atoms with Gasteiger partial charge in [-0.25, -0.2) is 0 Å². The first-order chi connectivity index (χ1) is 4.70. The molecule has 4 heteroatoms. The Hall–Kier alpha value is -0.440. The molecule has 0 heterocycles. The molecule has 0 aliphatic heterocycles. The van der Waals surface area contributed by atoms with Crippen LogP contribution in [0.2, 0.25) is 0 Å². The van der Waals surface area contributed by atoms with Crippen molar-refractivity contribution >= 4 is 30.5 Å². The number of benzene rings is 1. The highest BCUT2D eigenvalue weighted by Crippen LogP contribution is 2.10. The zero-order valence-corrected chi connectivity index (χ0v) is 8.49. The number of halogens is 2. The van der Waals surface area contributed by atoms with Gasteiger partial charge in [-0.15, -0.1) is 24.8 Å². The molecule has 0 radical (unpaired) electrons. The van der Waals surface area contributed by atoms with Crippen molar-refractivity contribution in [2.75, 3.05) is 5.73 Å². The van der Waals surface area contributed by atoms with Crippen LogP contribution in [0.4, 0.5) is 5.69 Å². The van der Waals surface area contributed by atoms with Crippen molar-refractivity contribution in [1.82, 2.24) is 0 Å². The SMILES string of the molecule is CC(N)c1ccc(N)cc1.Cl.Cl. The van der Waals surface area contributed by atoms with Crippen LogP contribution >= 0.6 is 24.8 Å². The van der Waals surface area contributed by atoms with E-state index in [0.29, 0.717) is 0 Å². The number of nitrogens with two attached hydrogens (primary N) is 2. The molecule has 0 fully saturated rings. The van der Waals surface area contributed by atoms with Gasteiger partial charge in [0.25, 0.3) is 0 Å². The molecule has 0 aliphatic rings. The molecular weight excluding hydrogens is 195 g/mol. The monoisotopic (exact) mass is 208 g/mol. The Morgan fingerprint density at radius 3 is 1.83 bits per heavy atom. The molecule has 1 aromatic rings. The number of rotatable bonds is 1. The van der Waals surface area contributed by atoms with Gasteiger partial charge in [-0.2, -0.15) is 0 Å². The smallest absolute Gasteiger partial charge is 0.0314 e. The molecule has 0 aromatic heterocycles. The van der Waals surface area contributed by atoms with Crippen molar-refractivity contribution in [3.05, 3.63) is 29.8 Å². The molecule has 70 valence electrons. The molecule has 4 N–H and O–H groups in total. The van der Waals surface area contributed by atoms with E-state index in [9.17, 15) is 0 Å². The van der Waals surface area contributed by atoms with Gasteiger partial charge in [0.2, 0.25) is 0 Å². The van der Waals surface area contributed by atoms with Gasteiger partial charge in [0.05, 0.1) is 0 Å².